The lowest BCUT2D eigenvalue weighted by atomic mass is 10.2. The topological polar surface area (TPSA) is 105 Å². The average molecular weight is 295 g/mol. The van der Waals surface area contributed by atoms with Gasteiger partial charge in [0.25, 0.3) is 5.91 Å². The summed E-state index contributed by atoms with van der Waals surface area (Å²) in [5.74, 6) is 0.156. The number of ether oxygens (including phenoxy) is 1. The van der Waals surface area contributed by atoms with Crippen LogP contribution in [-0.4, -0.2) is 35.0 Å². The van der Waals surface area contributed by atoms with Gasteiger partial charge in [0.15, 0.2) is 0 Å². The molecule has 1 atom stereocenters. The number of benzene rings is 1. The molecule has 0 aromatic heterocycles. The predicted octanol–water partition coefficient (Wildman–Crippen LogP) is 1.71. The first-order chi connectivity index (χ1) is 9.95. The van der Waals surface area contributed by atoms with Crippen molar-refractivity contribution in [2.45, 2.75) is 32.9 Å². The van der Waals surface area contributed by atoms with Crippen molar-refractivity contribution in [1.82, 2.24) is 10.4 Å². The minimum Gasteiger partial charge on any atom is -0.494 e. The SMILES string of the molecule is CCCCOc1cccc(C(=O)NC(C)N(O)C(N)=O)c1. The van der Waals surface area contributed by atoms with Crippen LogP contribution in [0.1, 0.15) is 37.0 Å². The Bertz CT molecular complexity index is 493. The van der Waals surface area contributed by atoms with Crippen LogP contribution in [0.5, 0.6) is 5.75 Å². The molecule has 0 aliphatic rings. The standard InChI is InChI=1S/C14H21N3O4/c1-3-4-8-21-12-7-5-6-11(9-12)13(18)16-10(2)17(20)14(15)19/h5-7,9-10,20H,3-4,8H2,1-2H3,(H2,15,19)(H,16,18). The van der Waals surface area contributed by atoms with Gasteiger partial charge in [-0.2, -0.15) is 5.06 Å². The van der Waals surface area contributed by atoms with E-state index < -0.39 is 18.1 Å². The zero-order valence-corrected chi connectivity index (χ0v) is 12.2. The highest BCUT2D eigenvalue weighted by molar-refractivity contribution is 5.94. The number of nitrogens with two attached hydrogens (primary N) is 1. The lowest BCUT2D eigenvalue weighted by molar-refractivity contribution is -0.0761. The summed E-state index contributed by atoms with van der Waals surface area (Å²) in [6.45, 7) is 4.09. The number of carbonyl (C=O) groups excluding carboxylic acids is 2. The van der Waals surface area contributed by atoms with Crippen LogP contribution in [0.15, 0.2) is 24.3 Å². The maximum absolute atomic E-state index is 12.0. The van der Waals surface area contributed by atoms with Crippen LogP contribution in [0.2, 0.25) is 0 Å². The van der Waals surface area contributed by atoms with Crippen LogP contribution >= 0.6 is 0 Å². The van der Waals surface area contributed by atoms with E-state index in [2.05, 4.69) is 12.2 Å². The van der Waals surface area contributed by atoms with E-state index >= 15 is 0 Å². The molecule has 3 amide bonds. The maximum atomic E-state index is 12.0. The molecule has 21 heavy (non-hydrogen) atoms. The Kier molecular flexibility index (Phi) is 6.48. The average Bonchev–Trinajstić information content (AvgIpc) is 2.46. The van der Waals surface area contributed by atoms with Gasteiger partial charge >= 0.3 is 6.03 Å². The second-order valence-electron chi connectivity index (χ2n) is 4.56. The molecule has 1 unspecified atom stereocenters. The molecule has 0 spiro atoms. The third-order valence-corrected chi connectivity index (χ3v) is 2.80. The minimum atomic E-state index is -1.04. The summed E-state index contributed by atoms with van der Waals surface area (Å²) in [5, 5.41) is 12.0. The highest BCUT2D eigenvalue weighted by atomic mass is 16.5. The predicted molar refractivity (Wildman–Crippen MR) is 77.0 cm³/mol. The molecule has 0 fully saturated rings. The van der Waals surface area contributed by atoms with E-state index in [-0.39, 0.29) is 5.06 Å². The second kappa shape index (κ2) is 8.11. The molecular weight excluding hydrogens is 274 g/mol. The Morgan fingerprint density at radius 1 is 1.48 bits per heavy atom. The van der Waals surface area contributed by atoms with E-state index in [1.165, 1.54) is 6.92 Å². The number of amides is 3. The van der Waals surface area contributed by atoms with Gasteiger partial charge in [-0.05, 0) is 31.5 Å². The van der Waals surface area contributed by atoms with Gasteiger partial charge in [0.05, 0.1) is 6.61 Å². The number of nitrogens with one attached hydrogen (secondary N) is 1. The van der Waals surface area contributed by atoms with Crippen molar-refractivity contribution in [2.24, 2.45) is 5.73 Å². The summed E-state index contributed by atoms with van der Waals surface area (Å²) in [4.78, 5) is 22.8. The first-order valence-corrected chi connectivity index (χ1v) is 6.77. The molecule has 1 aromatic rings. The molecule has 1 rings (SSSR count). The number of urea groups is 1. The number of nitrogens with zero attached hydrogens (tertiary/aromatic N) is 1. The van der Waals surface area contributed by atoms with Crippen LogP contribution in [0, 0.1) is 0 Å². The third-order valence-electron chi connectivity index (χ3n) is 2.80. The summed E-state index contributed by atoms with van der Waals surface area (Å²) in [5.41, 5.74) is 5.28. The van der Waals surface area contributed by atoms with Gasteiger partial charge in [0.1, 0.15) is 11.9 Å². The summed E-state index contributed by atoms with van der Waals surface area (Å²) < 4.78 is 5.51. The van der Waals surface area contributed by atoms with Crippen LogP contribution in [0.3, 0.4) is 0 Å². The molecule has 0 aliphatic heterocycles. The largest absolute Gasteiger partial charge is 0.494 e. The fraction of sp³-hybridized carbons (Fsp3) is 0.429. The fourth-order valence-corrected chi connectivity index (χ4v) is 1.59. The van der Waals surface area contributed by atoms with Gasteiger partial charge in [-0.1, -0.05) is 19.4 Å². The molecular formula is C14H21N3O4. The van der Waals surface area contributed by atoms with Crippen LogP contribution < -0.4 is 15.8 Å². The zero-order chi connectivity index (χ0) is 15.8. The molecule has 0 saturated carbocycles. The lowest BCUT2D eigenvalue weighted by Gasteiger charge is -2.21. The van der Waals surface area contributed by atoms with Gasteiger partial charge in [0.2, 0.25) is 0 Å². The van der Waals surface area contributed by atoms with E-state index in [1.54, 1.807) is 24.3 Å². The van der Waals surface area contributed by atoms with Crippen molar-refractivity contribution >= 4 is 11.9 Å². The van der Waals surface area contributed by atoms with E-state index in [0.29, 0.717) is 17.9 Å². The number of rotatable bonds is 7. The van der Waals surface area contributed by atoms with E-state index in [9.17, 15) is 14.8 Å². The summed E-state index contributed by atoms with van der Waals surface area (Å²) in [7, 11) is 0. The van der Waals surface area contributed by atoms with Crippen molar-refractivity contribution in [3.63, 3.8) is 0 Å². The minimum absolute atomic E-state index is 0.250. The molecule has 7 heteroatoms. The fourth-order valence-electron chi connectivity index (χ4n) is 1.59. The first kappa shape index (κ1) is 16.8. The smallest absolute Gasteiger partial charge is 0.340 e. The normalized spacial score (nSPS) is 11.6. The number of hydrogen-bond acceptors (Lipinski definition) is 4. The number of hydrogen-bond donors (Lipinski definition) is 3. The maximum Gasteiger partial charge on any atom is 0.340 e. The van der Waals surface area contributed by atoms with Gasteiger partial charge in [-0.15, -0.1) is 0 Å². The van der Waals surface area contributed by atoms with Gasteiger partial charge in [-0.25, -0.2) is 4.79 Å². The highest BCUT2D eigenvalue weighted by Crippen LogP contribution is 2.14. The molecule has 1 aromatic carbocycles. The molecule has 7 nitrogen and oxygen atoms in total. The first-order valence-electron chi connectivity index (χ1n) is 6.77. The molecule has 0 aliphatic carbocycles. The summed E-state index contributed by atoms with van der Waals surface area (Å²) in [6, 6.07) is 5.63. The molecule has 116 valence electrons. The molecule has 0 saturated heterocycles. The van der Waals surface area contributed by atoms with Crippen molar-refractivity contribution in [3.05, 3.63) is 29.8 Å². The van der Waals surface area contributed by atoms with Crippen LogP contribution in [0.4, 0.5) is 4.79 Å². The zero-order valence-electron chi connectivity index (χ0n) is 12.2. The Morgan fingerprint density at radius 3 is 2.81 bits per heavy atom. The molecule has 0 heterocycles. The number of primary amides is 1. The van der Waals surface area contributed by atoms with E-state index in [4.69, 9.17) is 10.5 Å². The lowest BCUT2D eigenvalue weighted by Crippen LogP contribution is -2.49. The number of unbranched alkanes of at least 4 members (excludes halogenated alkanes) is 1. The van der Waals surface area contributed by atoms with Gasteiger partial charge < -0.3 is 15.8 Å². The molecule has 4 N–H and O–H groups in total. The van der Waals surface area contributed by atoms with Gasteiger partial charge in [0, 0.05) is 5.56 Å². The molecule has 0 radical (unpaired) electrons. The van der Waals surface area contributed by atoms with Crippen LogP contribution in [0.25, 0.3) is 0 Å². The Morgan fingerprint density at radius 2 is 2.19 bits per heavy atom. The number of carbonyl (C=O) groups is 2. The van der Waals surface area contributed by atoms with Crippen molar-refractivity contribution in [2.75, 3.05) is 6.61 Å². The van der Waals surface area contributed by atoms with Crippen LogP contribution in [-0.2, 0) is 0 Å². The quantitative estimate of drug-likeness (QED) is 0.308. The van der Waals surface area contributed by atoms with Crippen molar-refractivity contribution in [3.8, 4) is 5.75 Å². The van der Waals surface area contributed by atoms with Crippen molar-refractivity contribution in [1.29, 1.82) is 0 Å². The summed E-state index contributed by atoms with van der Waals surface area (Å²) in [6.07, 6.45) is 1.03. The highest BCUT2D eigenvalue weighted by Gasteiger charge is 2.18. The molecule has 0 bridgehead atoms. The van der Waals surface area contributed by atoms with Gasteiger partial charge in [-0.3, -0.25) is 10.0 Å². The van der Waals surface area contributed by atoms with Crippen molar-refractivity contribution < 1.29 is 19.5 Å². The third kappa shape index (κ3) is 5.31. The van der Waals surface area contributed by atoms with E-state index in [0.717, 1.165) is 12.8 Å². The Labute approximate surface area is 123 Å². The number of hydroxylamine groups is 2. The van der Waals surface area contributed by atoms with E-state index in [1.807, 2.05) is 0 Å². The Balaban J connectivity index is 2.65. The second-order valence-corrected chi connectivity index (χ2v) is 4.56. The Hall–Kier alpha value is -2.28. The summed E-state index contributed by atoms with van der Waals surface area (Å²) >= 11 is 0. The monoisotopic (exact) mass is 295 g/mol.